The first-order valence-electron chi connectivity index (χ1n) is 3.75. The van der Waals surface area contributed by atoms with Crippen molar-refractivity contribution in [3.05, 3.63) is 39.8 Å². The van der Waals surface area contributed by atoms with E-state index in [0.29, 0.717) is 15.7 Å². The highest BCUT2D eigenvalue weighted by molar-refractivity contribution is 9.10. The van der Waals surface area contributed by atoms with Gasteiger partial charge in [0, 0.05) is 5.56 Å². The topological polar surface area (TPSA) is 26.0 Å². The van der Waals surface area contributed by atoms with Gasteiger partial charge in [0.2, 0.25) is 5.22 Å². The lowest BCUT2D eigenvalue weighted by molar-refractivity contribution is 0.423. The molecule has 0 saturated carbocycles. The highest BCUT2D eigenvalue weighted by Gasteiger charge is 2.13. The first-order valence-corrected chi connectivity index (χ1v) is 4.92. The number of aromatic nitrogens is 1. The average molecular weight is 276 g/mol. The van der Waals surface area contributed by atoms with Crippen LogP contribution in [-0.2, 0) is 0 Å². The normalized spacial score (nSPS) is 10.5. The van der Waals surface area contributed by atoms with Crippen molar-refractivity contribution in [3.8, 4) is 11.3 Å². The number of benzene rings is 1. The molecule has 0 N–H and O–H groups in total. The second-order valence-corrected chi connectivity index (χ2v) is 3.77. The molecule has 2 rings (SSSR count). The summed E-state index contributed by atoms with van der Waals surface area (Å²) < 4.78 is 18.2. The summed E-state index contributed by atoms with van der Waals surface area (Å²) in [4.78, 5) is 0. The fraction of sp³-hybridized carbons (Fsp3) is 0. The summed E-state index contributed by atoms with van der Waals surface area (Å²) in [7, 11) is 0. The lowest BCUT2D eigenvalue weighted by Gasteiger charge is -1.95. The zero-order valence-electron chi connectivity index (χ0n) is 6.80. The van der Waals surface area contributed by atoms with E-state index in [9.17, 15) is 4.39 Å². The molecule has 0 amide bonds. The minimum atomic E-state index is -0.325. The molecule has 1 aromatic heterocycles. The molecule has 2 aromatic rings. The molecule has 72 valence electrons. The maximum absolute atomic E-state index is 12.9. The molecular weight excluding hydrogens is 272 g/mol. The predicted octanol–water partition coefficient (Wildman–Crippen LogP) is 3.90. The Morgan fingerprint density at radius 1 is 1.43 bits per heavy atom. The highest BCUT2D eigenvalue weighted by atomic mass is 79.9. The fourth-order valence-electron chi connectivity index (χ4n) is 1.07. The molecule has 0 radical (unpaired) electrons. The van der Waals surface area contributed by atoms with E-state index >= 15 is 0 Å². The molecule has 0 unspecified atom stereocenters. The van der Waals surface area contributed by atoms with Crippen LogP contribution in [0.5, 0.6) is 0 Å². The Labute approximate surface area is 92.8 Å². The van der Waals surface area contributed by atoms with Crippen LogP contribution in [0.15, 0.2) is 33.3 Å². The summed E-state index contributed by atoms with van der Waals surface area (Å²) in [6, 6.07) is 6.04. The Kier molecular flexibility index (Phi) is 2.56. The SMILES string of the molecule is Fc1cccc(-c2noc(Cl)c2Br)c1. The van der Waals surface area contributed by atoms with Crippen LogP contribution >= 0.6 is 27.5 Å². The van der Waals surface area contributed by atoms with Gasteiger partial charge in [0.05, 0.1) is 0 Å². The molecular formula is C9H4BrClFNO. The van der Waals surface area contributed by atoms with Gasteiger partial charge in [-0.25, -0.2) is 4.39 Å². The van der Waals surface area contributed by atoms with E-state index in [1.165, 1.54) is 12.1 Å². The molecule has 0 fully saturated rings. The minimum Gasteiger partial charge on any atom is -0.343 e. The zero-order chi connectivity index (χ0) is 10.1. The van der Waals surface area contributed by atoms with Gasteiger partial charge in [-0.3, -0.25) is 0 Å². The van der Waals surface area contributed by atoms with Crippen molar-refractivity contribution in [1.29, 1.82) is 0 Å². The molecule has 1 aromatic carbocycles. The standard InChI is InChI=1S/C9H4BrClFNO/c10-7-8(13-14-9(7)11)5-2-1-3-6(12)4-5/h1-4H. The van der Waals surface area contributed by atoms with Gasteiger partial charge in [-0.2, -0.15) is 0 Å². The van der Waals surface area contributed by atoms with Gasteiger partial charge in [-0.15, -0.1) is 0 Å². The Balaban J connectivity index is 2.55. The lowest BCUT2D eigenvalue weighted by atomic mass is 10.1. The Morgan fingerprint density at radius 2 is 2.21 bits per heavy atom. The number of hydrogen-bond donors (Lipinski definition) is 0. The summed E-state index contributed by atoms with van der Waals surface area (Å²) >= 11 is 8.85. The van der Waals surface area contributed by atoms with Gasteiger partial charge in [-0.05, 0) is 39.7 Å². The van der Waals surface area contributed by atoms with Crippen LogP contribution in [0, 0.1) is 5.82 Å². The largest absolute Gasteiger partial charge is 0.343 e. The lowest BCUT2D eigenvalue weighted by Crippen LogP contribution is -1.80. The van der Waals surface area contributed by atoms with E-state index in [1.54, 1.807) is 12.1 Å². The monoisotopic (exact) mass is 275 g/mol. The van der Waals surface area contributed by atoms with E-state index in [-0.39, 0.29) is 11.0 Å². The van der Waals surface area contributed by atoms with Crippen molar-refractivity contribution in [3.63, 3.8) is 0 Å². The van der Waals surface area contributed by atoms with Crippen LogP contribution in [0.2, 0.25) is 5.22 Å². The second-order valence-electron chi connectivity index (χ2n) is 2.63. The molecule has 0 aliphatic heterocycles. The molecule has 2 nitrogen and oxygen atoms in total. The third kappa shape index (κ3) is 1.67. The van der Waals surface area contributed by atoms with Crippen molar-refractivity contribution < 1.29 is 8.91 Å². The van der Waals surface area contributed by atoms with Crippen molar-refractivity contribution in [2.75, 3.05) is 0 Å². The van der Waals surface area contributed by atoms with E-state index in [4.69, 9.17) is 16.1 Å². The fourth-order valence-corrected chi connectivity index (χ4v) is 1.57. The van der Waals surface area contributed by atoms with E-state index in [1.807, 2.05) is 0 Å². The molecule has 0 aliphatic carbocycles. The van der Waals surface area contributed by atoms with Crippen LogP contribution < -0.4 is 0 Å². The third-order valence-electron chi connectivity index (χ3n) is 1.70. The summed E-state index contributed by atoms with van der Waals surface area (Å²) in [5, 5.41) is 3.86. The summed E-state index contributed by atoms with van der Waals surface area (Å²) in [5.74, 6) is -0.325. The number of halogens is 3. The van der Waals surface area contributed by atoms with Gasteiger partial charge in [0.1, 0.15) is 16.0 Å². The van der Waals surface area contributed by atoms with Crippen molar-refractivity contribution >= 4 is 27.5 Å². The van der Waals surface area contributed by atoms with Crippen LogP contribution in [0.25, 0.3) is 11.3 Å². The third-order valence-corrected chi connectivity index (χ3v) is 2.92. The van der Waals surface area contributed by atoms with E-state index < -0.39 is 0 Å². The smallest absolute Gasteiger partial charge is 0.240 e. The number of rotatable bonds is 1. The van der Waals surface area contributed by atoms with Crippen molar-refractivity contribution in [2.24, 2.45) is 0 Å². The van der Waals surface area contributed by atoms with Gasteiger partial charge in [-0.1, -0.05) is 17.3 Å². The average Bonchev–Trinajstić information content (AvgIpc) is 2.48. The molecule has 5 heteroatoms. The van der Waals surface area contributed by atoms with Crippen LogP contribution in [-0.4, -0.2) is 5.16 Å². The molecule has 0 atom stereocenters. The molecule has 0 aliphatic rings. The van der Waals surface area contributed by atoms with E-state index in [2.05, 4.69) is 21.1 Å². The second kappa shape index (κ2) is 3.71. The van der Waals surface area contributed by atoms with Crippen molar-refractivity contribution in [2.45, 2.75) is 0 Å². The summed E-state index contributed by atoms with van der Waals surface area (Å²) in [6.45, 7) is 0. The first kappa shape index (κ1) is 9.68. The highest BCUT2D eigenvalue weighted by Crippen LogP contribution is 2.33. The van der Waals surface area contributed by atoms with Crippen LogP contribution in [0.4, 0.5) is 4.39 Å². The zero-order valence-corrected chi connectivity index (χ0v) is 9.14. The van der Waals surface area contributed by atoms with Crippen LogP contribution in [0.1, 0.15) is 0 Å². The minimum absolute atomic E-state index is 0.157. The van der Waals surface area contributed by atoms with Gasteiger partial charge >= 0.3 is 0 Å². The van der Waals surface area contributed by atoms with Gasteiger partial charge in [0.15, 0.2) is 0 Å². The maximum Gasteiger partial charge on any atom is 0.240 e. The Bertz CT molecular complexity index is 472. The maximum atomic E-state index is 12.9. The molecule has 0 spiro atoms. The first-order chi connectivity index (χ1) is 6.68. The number of hydrogen-bond acceptors (Lipinski definition) is 2. The molecule has 0 saturated heterocycles. The molecule has 1 heterocycles. The number of nitrogens with zero attached hydrogens (tertiary/aromatic N) is 1. The Morgan fingerprint density at radius 3 is 2.79 bits per heavy atom. The summed E-state index contributed by atoms with van der Waals surface area (Å²) in [5.41, 5.74) is 1.11. The van der Waals surface area contributed by atoms with Crippen molar-refractivity contribution in [1.82, 2.24) is 5.16 Å². The van der Waals surface area contributed by atoms with Gasteiger partial charge < -0.3 is 4.52 Å². The Hall–Kier alpha value is -0.870. The molecule has 0 bridgehead atoms. The van der Waals surface area contributed by atoms with E-state index in [0.717, 1.165) is 0 Å². The van der Waals surface area contributed by atoms with Crippen LogP contribution in [0.3, 0.4) is 0 Å². The molecule has 14 heavy (non-hydrogen) atoms. The predicted molar refractivity (Wildman–Crippen MR) is 54.6 cm³/mol. The summed E-state index contributed by atoms with van der Waals surface area (Å²) in [6.07, 6.45) is 0. The quantitative estimate of drug-likeness (QED) is 0.789. The van der Waals surface area contributed by atoms with Gasteiger partial charge in [0.25, 0.3) is 0 Å².